The Morgan fingerprint density at radius 3 is 2.59 bits per heavy atom. The molecule has 1 unspecified atom stereocenters. The highest BCUT2D eigenvalue weighted by atomic mass is 16.5. The molecule has 6 nitrogen and oxygen atoms in total. The fourth-order valence-electron chi connectivity index (χ4n) is 5.70. The highest BCUT2D eigenvalue weighted by Gasteiger charge is 2.53. The monoisotopic (exact) mass is 456 g/mol. The fraction of sp³-hybridized carbons (Fsp3) is 0.464. The van der Waals surface area contributed by atoms with Crippen molar-refractivity contribution in [3.63, 3.8) is 0 Å². The number of hydrogen-bond acceptors (Lipinski definition) is 6. The zero-order valence-corrected chi connectivity index (χ0v) is 20.2. The van der Waals surface area contributed by atoms with Crippen molar-refractivity contribution in [1.29, 1.82) is 0 Å². The van der Waals surface area contributed by atoms with Gasteiger partial charge in [-0.2, -0.15) is 0 Å². The summed E-state index contributed by atoms with van der Waals surface area (Å²) in [5, 5.41) is 24.4. The Morgan fingerprint density at radius 1 is 1.03 bits per heavy atom. The molecule has 2 fully saturated rings. The van der Waals surface area contributed by atoms with E-state index in [-0.39, 0.29) is 0 Å². The molecule has 0 radical (unpaired) electrons. The number of aromatic nitrogens is 3. The fourth-order valence-corrected chi connectivity index (χ4v) is 5.70. The maximum Gasteiger partial charge on any atom is 0.140 e. The van der Waals surface area contributed by atoms with E-state index in [0.29, 0.717) is 28.9 Å². The van der Waals surface area contributed by atoms with Crippen molar-refractivity contribution in [2.75, 3.05) is 18.0 Å². The van der Waals surface area contributed by atoms with E-state index in [0.717, 1.165) is 59.6 Å². The first-order chi connectivity index (χ1) is 16.4. The van der Waals surface area contributed by atoms with Crippen LogP contribution in [0.1, 0.15) is 75.4 Å². The van der Waals surface area contributed by atoms with Crippen molar-refractivity contribution in [2.45, 2.75) is 58.3 Å². The van der Waals surface area contributed by atoms with Crippen LogP contribution in [0.25, 0.3) is 16.5 Å². The Labute approximate surface area is 200 Å². The number of anilines is 1. The highest BCUT2D eigenvalue weighted by molar-refractivity contribution is 5.86. The predicted octanol–water partition coefficient (Wildman–Crippen LogP) is 6.38. The molecule has 3 aromatic rings. The van der Waals surface area contributed by atoms with Gasteiger partial charge in [0, 0.05) is 53.1 Å². The second kappa shape index (κ2) is 7.97. The molecule has 34 heavy (non-hydrogen) atoms. The zero-order chi connectivity index (χ0) is 23.4. The van der Waals surface area contributed by atoms with E-state index in [2.05, 4.69) is 59.2 Å². The number of nitrogens with zero attached hydrogens (tertiary/aromatic N) is 4. The van der Waals surface area contributed by atoms with Crippen molar-refractivity contribution in [1.82, 2.24) is 15.4 Å². The smallest absolute Gasteiger partial charge is 0.140 e. The summed E-state index contributed by atoms with van der Waals surface area (Å²) >= 11 is 0. The third-order valence-electron chi connectivity index (χ3n) is 8.16. The molecule has 2 aromatic heterocycles. The summed E-state index contributed by atoms with van der Waals surface area (Å²) in [6.45, 7) is 8.83. The molecule has 1 aliphatic heterocycles. The second-order valence-electron chi connectivity index (χ2n) is 10.9. The Bertz CT molecular complexity index is 1290. The van der Waals surface area contributed by atoms with Gasteiger partial charge in [-0.15, -0.1) is 10.2 Å². The summed E-state index contributed by atoms with van der Waals surface area (Å²) < 4.78 is 5.66. The summed E-state index contributed by atoms with van der Waals surface area (Å²) in [6, 6.07) is 10.6. The highest BCUT2D eigenvalue weighted by Crippen LogP contribution is 2.56. The normalized spacial score (nSPS) is 20.8. The summed E-state index contributed by atoms with van der Waals surface area (Å²) in [6.07, 6.45) is 8.06. The summed E-state index contributed by atoms with van der Waals surface area (Å²) in [4.78, 5) is 2.46. The topological polar surface area (TPSA) is 75.3 Å². The molecule has 1 aromatic carbocycles. The van der Waals surface area contributed by atoms with Gasteiger partial charge < -0.3 is 14.5 Å². The first kappa shape index (κ1) is 21.4. The molecule has 1 atom stereocenters. The average molecular weight is 457 g/mol. The summed E-state index contributed by atoms with van der Waals surface area (Å²) in [5.41, 5.74) is 5.18. The molecule has 1 spiro atoms. The lowest BCUT2D eigenvalue weighted by molar-refractivity contribution is 0.0601. The van der Waals surface area contributed by atoms with Crippen LogP contribution in [0.2, 0.25) is 0 Å². The van der Waals surface area contributed by atoms with Crippen LogP contribution in [0, 0.1) is 11.3 Å². The van der Waals surface area contributed by atoms with E-state index in [1.165, 1.54) is 18.5 Å². The van der Waals surface area contributed by atoms with Crippen molar-refractivity contribution in [2.24, 2.45) is 11.3 Å². The zero-order valence-electron chi connectivity index (χ0n) is 20.2. The molecule has 1 N–H and O–H groups in total. The van der Waals surface area contributed by atoms with Crippen LogP contribution in [0.15, 0.2) is 52.8 Å². The SMILES string of the molecule is CC(C)C(C)c1cc(C2CC3(C2)CN(c2ccc4nnc(C5=CCCC=C5O)cc4c2)C3)no1. The number of benzene rings is 1. The number of aliphatic hydroxyl groups excluding tert-OH is 1. The van der Waals surface area contributed by atoms with Crippen LogP contribution in [0.4, 0.5) is 5.69 Å². The molecule has 1 saturated carbocycles. The molecule has 1 saturated heterocycles. The molecule has 6 heteroatoms. The number of hydrogen-bond donors (Lipinski definition) is 1. The van der Waals surface area contributed by atoms with Gasteiger partial charge in [-0.05, 0) is 61.9 Å². The third-order valence-corrected chi connectivity index (χ3v) is 8.16. The van der Waals surface area contributed by atoms with Gasteiger partial charge in [0.1, 0.15) is 11.5 Å². The molecular weight excluding hydrogens is 424 g/mol. The summed E-state index contributed by atoms with van der Waals surface area (Å²) in [5.74, 6) is 2.81. The van der Waals surface area contributed by atoms with Gasteiger partial charge in [0.25, 0.3) is 0 Å². The third kappa shape index (κ3) is 3.60. The lowest BCUT2D eigenvalue weighted by atomic mass is 9.57. The van der Waals surface area contributed by atoms with Gasteiger partial charge in [0.2, 0.25) is 0 Å². The van der Waals surface area contributed by atoms with Crippen LogP contribution in [0.3, 0.4) is 0 Å². The van der Waals surface area contributed by atoms with E-state index >= 15 is 0 Å². The minimum Gasteiger partial charge on any atom is -0.508 e. The number of allylic oxidation sites excluding steroid dienone is 3. The molecule has 6 rings (SSSR count). The predicted molar refractivity (Wildman–Crippen MR) is 134 cm³/mol. The molecular formula is C28H32N4O2. The van der Waals surface area contributed by atoms with Gasteiger partial charge in [-0.1, -0.05) is 32.0 Å². The average Bonchev–Trinajstić information content (AvgIpc) is 3.26. The Hall–Kier alpha value is -3.15. The first-order valence-corrected chi connectivity index (χ1v) is 12.5. The van der Waals surface area contributed by atoms with Gasteiger partial charge in [0.05, 0.1) is 16.9 Å². The molecule has 3 heterocycles. The van der Waals surface area contributed by atoms with E-state index in [9.17, 15) is 5.11 Å². The maximum absolute atomic E-state index is 10.2. The molecule has 2 aliphatic carbocycles. The number of aliphatic hydroxyl groups is 1. The van der Waals surface area contributed by atoms with Crippen LogP contribution >= 0.6 is 0 Å². The molecule has 0 amide bonds. The van der Waals surface area contributed by atoms with E-state index in [1.54, 1.807) is 0 Å². The Balaban J connectivity index is 1.13. The summed E-state index contributed by atoms with van der Waals surface area (Å²) in [7, 11) is 0. The van der Waals surface area contributed by atoms with Gasteiger partial charge in [-0.25, -0.2) is 0 Å². The molecule has 0 bridgehead atoms. The number of fused-ring (bicyclic) bond motifs is 1. The van der Waals surface area contributed by atoms with E-state index in [4.69, 9.17) is 4.52 Å². The number of rotatable bonds is 5. The minimum absolute atomic E-state index is 0.304. The first-order valence-electron chi connectivity index (χ1n) is 12.5. The standard InChI is InChI=1S/C28H32N4O2/c1-17(2)18(3)27-12-24(31-34-27)20-13-28(14-20)15-32(16-28)21-8-9-23-19(10-21)11-25(30-29-23)22-6-4-5-7-26(22)33/h6-12,17-18,20,33H,4-5,13-16H2,1-3H3. The van der Waals surface area contributed by atoms with Crippen molar-refractivity contribution >= 4 is 22.2 Å². The van der Waals surface area contributed by atoms with Crippen molar-refractivity contribution < 1.29 is 9.63 Å². The van der Waals surface area contributed by atoms with Gasteiger partial charge >= 0.3 is 0 Å². The minimum atomic E-state index is 0.304. The van der Waals surface area contributed by atoms with Crippen molar-refractivity contribution in [3.8, 4) is 0 Å². The van der Waals surface area contributed by atoms with E-state index < -0.39 is 0 Å². The lowest BCUT2D eigenvalue weighted by Crippen LogP contribution is -2.61. The second-order valence-corrected chi connectivity index (χ2v) is 10.9. The largest absolute Gasteiger partial charge is 0.508 e. The van der Waals surface area contributed by atoms with Crippen LogP contribution in [0.5, 0.6) is 0 Å². The van der Waals surface area contributed by atoms with E-state index in [1.807, 2.05) is 24.3 Å². The van der Waals surface area contributed by atoms with Gasteiger partial charge in [-0.3, -0.25) is 0 Å². The van der Waals surface area contributed by atoms with Crippen molar-refractivity contribution in [3.05, 3.63) is 65.4 Å². The van der Waals surface area contributed by atoms with Crippen LogP contribution in [-0.4, -0.2) is 33.6 Å². The maximum atomic E-state index is 10.2. The Kier molecular flexibility index (Phi) is 5.01. The van der Waals surface area contributed by atoms with Gasteiger partial charge in [0.15, 0.2) is 0 Å². The van der Waals surface area contributed by atoms with Crippen LogP contribution in [-0.2, 0) is 0 Å². The van der Waals surface area contributed by atoms with Crippen LogP contribution < -0.4 is 4.90 Å². The molecule has 176 valence electrons. The Morgan fingerprint density at radius 2 is 1.82 bits per heavy atom. The quantitative estimate of drug-likeness (QED) is 0.480. The molecule has 3 aliphatic rings. The lowest BCUT2D eigenvalue weighted by Gasteiger charge is -2.59.